The Labute approximate surface area is 142 Å². The molecule has 0 saturated heterocycles. The second kappa shape index (κ2) is 6.16. The first-order valence-corrected chi connectivity index (χ1v) is 8.22. The molecule has 0 spiro atoms. The van der Waals surface area contributed by atoms with Crippen LogP contribution in [0.2, 0.25) is 0 Å². The molecule has 0 aliphatic rings. The number of hydrogen-bond acceptors (Lipinski definition) is 5. The summed E-state index contributed by atoms with van der Waals surface area (Å²) in [7, 11) is 1.90. The third kappa shape index (κ3) is 2.94. The molecule has 7 heteroatoms. The Hall–Kier alpha value is -2.54. The predicted octanol–water partition coefficient (Wildman–Crippen LogP) is 4.04. The zero-order chi connectivity index (χ0) is 17.4. The summed E-state index contributed by atoms with van der Waals surface area (Å²) >= 11 is 1.10. The summed E-state index contributed by atoms with van der Waals surface area (Å²) in [6, 6.07) is 7.73. The van der Waals surface area contributed by atoms with Crippen LogP contribution in [0.4, 0.5) is 10.2 Å². The van der Waals surface area contributed by atoms with Crippen molar-refractivity contribution < 1.29 is 14.3 Å². The average Bonchev–Trinajstić information content (AvgIpc) is 2.97. The van der Waals surface area contributed by atoms with Crippen LogP contribution >= 0.6 is 11.3 Å². The maximum atomic E-state index is 13.2. The Morgan fingerprint density at radius 3 is 2.50 bits per heavy atom. The van der Waals surface area contributed by atoms with Gasteiger partial charge in [-0.2, -0.15) is 0 Å². The number of anilines is 1. The summed E-state index contributed by atoms with van der Waals surface area (Å²) in [4.78, 5) is 23.1. The Morgan fingerprint density at radius 2 is 1.92 bits per heavy atom. The minimum Gasteiger partial charge on any atom is -0.477 e. The monoisotopic (exact) mass is 345 g/mol. The molecule has 2 heterocycles. The summed E-state index contributed by atoms with van der Waals surface area (Å²) in [6.07, 6.45) is 0. The molecule has 124 valence electrons. The van der Waals surface area contributed by atoms with Gasteiger partial charge in [0.1, 0.15) is 26.7 Å². The van der Waals surface area contributed by atoms with Gasteiger partial charge in [0.05, 0.1) is 0 Å². The molecule has 0 atom stereocenters. The van der Waals surface area contributed by atoms with Crippen molar-refractivity contribution in [1.82, 2.24) is 9.97 Å². The van der Waals surface area contributed by atoms with Gasteiger partial charge in [0.2, 0.25) is 0 Å². The molecule has 0 fully saturated rings. The van der Waals surface area contributed by atoms with Gasteiger partial charge in [0.15, 0.2) is 5.82 Å². The first kappa shape index (κ1) is 16.3. The summed E-state index contributed by atoms with van der Waals surface area (Å²) in [5, 5.41) is 9.17. The molecule has 3 aromatic rings. The third-order valence-electron chi connectivity index (χ3n) is 3.78. The van der Waals surface area contributed by atoms with Crippen LogP contribution in [-0.4, -0.2) is 34.1 Å². The Kier molecular flexibility index (Phi) is 4.19. The lowest BCUT2D eigenvalue weighted by Gasteiger charge is -2.24. The fourth-order valence-corrected chi connectivity index (χ4v) is 3.06. The number of halogens is 1. The molecule has 0 saturated carbocycles. The molecule has 0 radical (unpaired) electrons. The molecule has 3 rings (SSSR count). The Balaban J connectivity index is 2.25. The van der Waals surface area contributed by atoms with Crippen LogP contribution in [0.25, 0.3) is 21.6 Å². The third-order valence-corrected chi connectivity index (χ3v) is 4.79. The average molecular weight is 345 g/mol. The van der Waals surface area contributed by atoms with Gasteiger partial charge in [0, 0.05) is 18.7 Å². The molecule has 2 aromatic heterocycles. The summed E-state index contributed by atoms with van der Waals surface area (Å²) in [6.45, 7) is 4.05. The van der Waals surface area contributed by atoms with Gasteiger partial charge in [-0.25, -0.2) is 19.2 Å². The standard InChI is InChI=1S/C17H16FN3O2S/c1-9(2)21(3)15-14(10-4-6-11(18)7-5-10)19-12-8-13(17(22)23)24-16(12)20-15/h4-9H,1-3H3,(H,22,23). The minimum absolute atomic E-state index is 0.176. The molecular weight excluding hydrogens is 329 g/mol. The van der Waals surface area contributed by atoms with Crippen molar-refractivity contribution in [2.75, 3.05) is 11.9 Å². The first-order valence-electron chi connectivity index (χ1n) is 7.40. The van der Waals surface area contributed by atoms with Crippen LogP contribution in [0, 0.1) is 5.82 Å². The molecule has 1 aromatic carbocycles. The van der Waals surface area contributed by atoms with Crippen LogP contribution in [0.5, 0.6) is 0 Å². The zero-order valence-electron chi connectivity index (χ0n) is 13.4. The quantitative estimate of drug-likeness (QED) is 0.773. The normalized spacial score (nSPS) is 11.2. The van der Waals surface area contributed by atoms with Crippen molar-refractivity contribution in [3.63, 3.8) is 0 Å². The lowest BCUT2D eigenvalue weighted by molar-refractivity contribution is 0.0702. The molecule has 0 amide bonds. The van der Waals surface area contributed by atoms with Gasteiger partial charge < -0.3 is 10.0 Å². The van der Waals surface area contributed by atoms with Gasteiger partial charge in [-0.15, -0.1) is 11.3 Å². The lowest BCUT2D eigenvalue weighted by atomic mass is 10.1. The maximum Gasteiger partial charge on any atom is 0.346 e. The SMILES string of the molecule is CC(C)N(C)c1nc2sc(C(=O)O)cc2nc1-c1ccc(F)cc1. The number of fused-ring (bicyclic) bond motifs is 1. The highest BCUT2D eigenvalue weighted by Gasteiger charge is 2.19. The van der Waals surface area contributed by atoms with E-state index in [1.54, 1.807) is 12.1 Å². The summed E-state index contributed by atoms with van der Waals surface area (Å²) < 4.78 is 13.2. The fourth-order valence-electron chi connectivity index (χ4n) is 2.25. The highest BCUT2D eigenvalue weighted by atomic mass is 32.1. The minimum atomic E-state index is -0.998. The number of carbonyl (C=O) groups is 1. The van der Waals surface area contributed by atoms with E-state index in [0.717, 1.165) is 16.9 Å². The van der Waals surface area contributed by atoms with Crippen molar-refractivity contribution in [1.29, 1.82) is 0 Å². The van der Waals surface area contributed by atoms with Crippen molar-refractivity contribution in [3.8, 4) is 11.3 Å². The largest absolute Gasteiger partial charge is 0.477 e. The second-order valence-electron chi connectivity index (χ2n) is 5.71. The van der Waals surface area contributed by atoms with Crippen LogP contribution in [-0.2, 0) is 0 Å². The van der Waals surface area contributed by atoms with Crippen molar-refractivity contribution in [2.24, 2.45) is 0 Å². The number of aromatic nitrogens is 2. The van der Waals surface area contributed by atoms with Gasteiger partial charge >= 0.3 is 5.97 Å². The van der Waals surface area contributed by atoms with E-state index in [0.29, 0.717) is 21.9 Å². The van der Waals surface area contributed by atoms with Crippen LogP contribution in [0.3, 0.4) is 0 Å². The lowest BCUT2D eigenvalue weighted by Crippen LogP contribution is -2.27. The number of carboxylic acids is 1. The smallest absolute Gasteiger partial charge is 0.346 e. The van der Waals surface area contributed by atoms with Crippen LogP contribution in [0.15, 0.2) is 30.3 Å². The second-order valence-corrected chi connectivity index (χ2v) is 6.74. The topological polar surface area (TPSA) is 66.3 Å². The molecule has 1 N–H and O–H groups in total. The van der Waals surface area contributed by atoms with E-state index in [4.69, 9.17) is 0 Å². The molecular formula is C17H16FN3O2S. The molecule has 0 bridgehead atoms. The molecule has 0 unspecified atom stereocenters. The van der Waals surface area contributed by atoms with E-state index in [-0.39, 0.29) is 16.7 Å². The van der Waals surface area contributed by atoms with E-state index < -0.39 is 5.97 Å². The van der Waals surface area contributed by atoms with E-state index in [9.17, 15) is 14.3 Å². The summed E-state index contributed by atoms with van der Waals surface area (Å²) in [5.74, 6) is -0.681. The van der Waals surface area contributed by atoms with Crippen molar-refractivity contribution in [3.05, 3.63) is 41.0 Å². The van der Waals surface area contributed by atoms with Crippen molar-refractivity contribution >= 4 is 33.5 Å². The fraction of sp³-hybridized carbons (Fsp3) is 0.235. The molecule has 0 aliphatic heterocycles. The first-order chi connectivity index (χ1) is 11.4. The predicted molar refractivity (Wildman–Crippen MR) is 93.3 cm³/mol. The number of carboxylic acid groups (broad SMARTS) is 1. The summed E-state index contributed by atoms with van der Waals surface area (Å²) in [5.41, 5.74) is 1.86. The van der Waals surface area contributed by atoms with Gasteiger partial charge in [-0.3, -0.25) is 0 Å². The van der Waals surface area contributed by atoms with E-state index in [1.807, 2.05) is 25.8 Å². The van der Waals surface area contributed by atoms with E-state index in [1.165, 1.54) is 18.2 Å². The highest BCUT2D eigenvalue weighted by Crippen LogP contribution is 2.33. The van der Waals surface area contributed by atoms with Gasteiger partial charge in [0.25, 0.3) is 0 Å². The highest BCUT2D eigenvalue weighted by molar-refractivity contribution is 7.20. The van der Waals surface area contributed by atoms with Crippen molar-refractivity contribution in [2.45, 2.75) is 19.9 Å². The Bertz CT molecular complexity index is 906. The number of rotatable bonds is 4. The molecule has 24 heavy (non-hydrogen) atoms. The van der Waals surface area contributed by atoms with Crippen LogP contribution < -0.4 is 4.90 Å². The van der Waals surface area contributed by atoms with E-state index in [2.05, 4.69) is 9.97 Å². The van der Waals surface area contributed by atoms with Gasteiger partial charge in [-0.1, -0.05) is 0 Å². The van der Waals surface area contributed by atoms with Crippen LogP contribution in [0.1, 0.15) is 23.5 Å². The zero-order valence-corrected chi connectivity index (χ0v) is 14.3. The number of benzene rings is 1. The number of hydrogen-bond donors (Lipinski definition) is 1. The molecule has 5 nitrogen and oxygen atoms in total. The number of nitrogens with zero attached hydrogens (tertiary/aromatic N) is 3. The number of aromatic carboxylic acids is 1. The van der Waals surface area contributed by atoms with Gasteiger partial charge in [-0.05, 0) is 44.2 Å². The molecule has 0 aliphatic carbocycles. The number of thiophene rings is 1. The maximum absolute atomic E-state index is 13.2. The Morgan fingerprint density at radius 1 is 1.25 bits per heavy atom. The van der Waals surface area contributed by atoms with E-state index >= 15 is 0 Å².